The monoisotopic (exact) mass is 250 g/mol. The van der Waals surface area contributed by atoms with Crippen molar-refractivity contribution in [2.24, 2.45) is 0 Å². The van der Waals surface area contributed by atoms with Gasteiger partial charge in [-0.05, 0) is 36.7 Å². The summed E-state index contributed by atoms with van der Waals surface area (Å²) < 4.78 is 2.93. The molecule has 0 unspecified atom stereocenters. The van der Waals surface area contributed by atoms with Crippen LogP contribution in [0.1, 0.15) is 5.82 Å². The molecule has 0 atom stereocenters. The van der Waals surface area contributed by atoms with Crippen molar-refractivity contribution in [3.8, 4) is 5.69 Å². The van der Waals surface area contributed by atoms with Crippen LogP contribution < -0.4 is 0 Å². The summed E-state index contributed by atoms with van der Waals surface area (Å²) >= 11 is 7.58. The minimum absolute atomic E-state index is 0.376. The van der Waals surface area contributed by atoms with E-state index in [0.717, 1.165) is 21.7 Å². The van der Waals surface area contributed by atoms with Crippen LogP contribution in [-0.4, -0.2) is 19.7 Å². The van der Waals surface area contributed by atoms with Crippen LogP contribution in [0.4, 0.5) is 0 Å². The number of aromatic nitrogens is 4. The molecule has 0 radical (unpaired) electrons. The average Bonchev–Trinajstić information content (AvgIpc) is 2.85. The molecule has 0 aliphatic rings. The van der Waals surface area contributed by atoms with E-state index in [2.05, 4.69) is 15.2 Å². The summed E-state index contributed by atoms with van der Waals surface area (Å²) in [6, 6.07) is 5.97. The zero-order chi connectivity index (χ0) is 11.1. The lowest BCUT2D eigenvalue weighted by atomic mass is 10.3. The summed E-state index contributed by atoms with van der Waals surface area (Å²) in [5, 5.41) is 8.13. The van der Waals surface area contributed by atoms with Crippen molar-refractivity contribution in [1.29, 1.82) is 0 Å². The fourth-order valence-electron chi connectivity index (χ4n) is 1.61. The van der Waals surface area contributed by atoms with Gasteiger partial charge in [0.2, 0.25) is 5.28 Å². The Balaban J connectivity index is 2.25. The van der Waals surface area contributed by atoms with Gasteiger partial charge >= 0.3 is 0 Å². The first-order valence-corrected chi connectivity index (χ1v) is 5.92. The van der Waals surface area contributed by atoms with Crippen molar-refractivity contribution in [3.63, 3.8) is 0 Å². The molecule has 4 nitrogen and oxygen atoms in total. The maximum Gasteiger partial charge on any atom is 0.229 e. The molecule has 2 heterocycles. The molecule has 0 saturated carbocycles. The molecule has 1 aromatic carbocycles. The molecule has 0 spiro atoms. The van der Waals surface area contributed by atoms with Crippen LogP contribution in [0.25, 0.3) is 15.9 Å². The van der Waals surface area contributed by atoms with Crippen LogP contribution in [0.5, 0.6) is 0 Å². The Bertz CT molecular complexity index is 638. The third-order valence-corrected chi connectivity index (χ3v) is 3.39. The molecular formula is C10H7ClN4S. The quantitative estimate of drug-likeness (QED) is 0.667. The molecule has 0 N–H and O–H groups in total. The lowest BCUT2D eigenvalue weighted by Gasteiger charge is -2.04. The van der Waals surface area contributed by atoms with Crippen LogP contribution in [0.15, 0.2) is 23.7 Å². The van der Waals surface area contributed by atoms with E-state index >= 15 is 0 Å². The Morgan fingerprint density at radius 3 is 2.94 bits per heavy atom. The van der Waals surface area contributed by atoms with Crippen LogP contribution in [0.2, 0.25) is 5.28 Å². The van der Waals surface area contributed by atoms with Gasteiger partial charge in [-0.2, -0.15) is 0 Å². The second-order valence-electron chi connectivity index (χ2n) is 3.36. The predicted molar refractivity (Wildman–Crippen MR) is 64.3 cm³/mol. The number of hydrogen-bond acceptors (Lipinski definition) is 4. The third-order valence-electron chi connectivity index (χ3n) is 2.36. The fraction of sp³-hybridized carbons (Fsp3) is 0.100. The Kier molecular flexibility index (Phi) is 2.15. The predicted octanol–water partition coefficient (Wildman–Crippen LogP) is 2.84. The number of nitrogens with zero attached hydrogens (tertiary/aromatic N) is 4. The van der Waals surface area contributed by atoms with Gasteiger partial charge in [0.1, 0.15) is 5.82 Å². The van der Waals surface area contributed by atoms with Crippen molar-refractivity contribution in [3.05, 3.63) is 34.8 Å². The number of benzene rings is 1. The van der Waals surface area contributed by atoms with Gasteiger partial charge in [-0.25, -0.2) is 4.98 Å². The maximum atomic E-state index is 5.98. The molecule has 3 aromatic rings. The van der Waals surface area contributed by atoms with E-state index in [4.69, 9.17) is 11.6 Å². The third kappa shape index (κ3) is 1.40. The van der Waals surface area contributed by atoms with Crippen molar-refractivity contribution in [2.75, 3.05) is 0 Å². The second kappa shape index (κ2) is 3.54. The van der Waals surface area contributed by atoms with E-state index < -0.39 is 0 Å². The number of halogens is 1. The maximum absolute atomic E-state index is 5.98. The van der Waals surface area contributed by atoms with Crippen LogP contribution in [0, 0.1) is 6.92 Å². The molecule has 0 aliphatic carbocycles. The van der Waals surface area contributed by atoms with E-state index in [1.54, 1.807) is 15.9 Å². The second-order valence-corrected chi connectivity index (χ2v) is 4.58. The van der Waals surface area contributed by atoms with Gasteiger partial charge in [-0.15, -0.1) is 21.5 Å². The highest BCUT2D eigenvalue weighted by atomic mass is 35.5. The first kappa shape index (κ1) is 9.74. The highest BCUT2D eigenvalue weighted by Gasteiger charge is 2.09. The molecule has 16 heavy (non-hydrogen) atoms. The molecule has 6 heteroatoms. The number of thiazole rings is 1. The molecule has 0 fully saturated rings. The topological polar surface area (TPSA) is 43.6 Å². The highest BCUT2D eigenvalue weighted by Crippen LogP contribution is 2.23. The summed E-state index contributed by atoms with van der Waals surface area (Å²) in [6.07, 6.45) is 0. The molecule has 0 bridgehead atoms. The summed E-state index contributed by atoms with van der Waals surface area (Å²) in [5.41, 5.74) is 3.79. The van der Waals surface area contributed by atoms with Crippen molar-refractivity contribution in [1.82, 2.24) is 19.7 Å². The smallest absolute Gasteiger partial charge is 0.229 e. The van der Waals surface area contributed by atoms with Crippen molar-refractivity contribution < 1.29 is 0 Å². The summed E-state index contributed by atoms with van der Waals surface area (Å²) in [5.74, 6) is 0.772. The standard InChI is InChI=1S/C10H7ClN4S/c1-6-13-14-10(11)15(6)7-2-3-8-9(4-7)16-5-12-8/h2-5H,1H3. The Morgan fingerprint density at radius 1 is 1.31 bits per heavy atom. The lowest BCUT2D eigenvalue weighted by molar-refractivity contribution is 0.971. The van der Waals surface area contributed by atoms with Gasteiger partial charge in [-0.3, -0.25) is 4.57 Å². The summed E-state index contributed by atoms with van der Waals surface area (Å²) in [7, 11) is 0. The highest BCUT2D eigenvalue weighted by molar-refractivity contribution is 7.16. The molecule has 3 rings (SSSR count). The normalized spacial score (nSPS) is 11.1. The van der Waals surface area contributed by atoms with Crippen LogP contribution >= 0.6 is 22.9 Å². The van der Waals surface area contributed by atoms with Gasteiger partial charge < -0.3 is 0 Å². The number of rotatable bonds is 1. The minimum atomic E-state index is 0.376. The number of fused-ring (bicyclic) bond motifs is 1. The van der Waals surface area contributed by atoms with E-state index in [0.29, 0.717) is 5.28 Å². The Hall–Kier alpha value is -1.46. The Morgan fingerprint density at radius 2 is 2.19 bits per heavy atom. The van der Waals surface area contributed by atoms with Gasteiger partial charge in [0.05, 0.1) is 21.4 Å². The van der Waals surface area contributed by atoms with E-state index in [1.807, 2.05) is 30.6 Å². The van der Waals surface area contributed by atoms with Gasteiger partial charge in [-0.1, -0.05) is 0 Å². The Labute approximate surface area is 101 Å². The molecule has 0 aliphatic heterocycles. The molecule has 0 saturated heterocycles. The van der Waals surface area contributed by atoms with Gasteiger partial charge in [0.15, 0.2) is 0 Å². The molecule has 2 aromatic heterocycles. The summed E-state index contributed by atoms with van der Waals surface area (Å²) in [4.78, 5) is 4.23. The lowest BCUT2D eigenvalue weighted by Crippen LogP contribution is -1.96. The van der Waals surface area contributed by atoms with E-state index in [-0.39, 0.29) is 0 Å². The number of hydrogen-bond donors (Lipinski definition) is 0. The van der Waals surface area contributed by atoms with E-state index in [9.17, 15) is 0 Å². The fourth-order valence-corrected chi connectivity index (χ4v) is 2.58. The molecule has 80 valence electrons. The zero-order valence-electron chi connectivity index (χ0n) is 8.38. The first-order valence-electron chi connectivity index (χ1n) is 4.67. The van der Waals surface area contributed by atoms with Crippen LogP contribution in [0.3, 0.4) is 0 Å². The number of aryl methyl sites for hydroxylation is 1. The van der Waals surface area contributed by atoms with Crippen molar-refractivity contribution >= 4 is 33.2 Å². The average molecular weight is 251 g/mol. The van der Waals surface area contributed by atoms with Crippen LogP contribution in [-0.2, 0) is 0 Å². The van der Waals surface area contributed by atoms with Gasteiger partial charge in [0, 0.05) is 0 Å². The largest absolute Gasteiger partial charge is 0.270 e. The minimum Gasteiger partial charge on any atom is -0.270 e. The molecule has 0 amide bonds. The van der Waals surface area contributed by atoms with Gasteiger partial charge in [0.25, 0.3) is 0 Å². The van der Waals surface area contributed by atoms with Crippen molar-refractivity contribution in [2.45, 2.75) is 6.92 Å². The SMILES string of the molecule is Cc1nnc(Cl)n1-c1ccc2ncsc2c1. The first-order chi connectivity index (χ1) is 7.75. The van der Waals surface area contributed by atoms with E-state index in [1.165, 1.54) is 0 Å². The molecular weight excluding hydrogens is 244 g/mol. The zero-order valence-corrected chi connectivity index (χ0v) is 9.96. The summed E-state index contributed by atoms with van der Waals surface area (Å²) in [6.45, 7) is 1.87.